The number of hydrogen-bond donors (Lipinski definition) is 0. The third kappa shape index (κ3) is 2.20. The highest BCUT2D eigenvalue weighted by Crippen LogP contribution is 2.00. The van der Waals surface area contributed by atoms with Crippen LogP contribution in [0, 0.1) is 0 Å². The van der Waals surface area contributed by atoms with Gasteiger partial charge in [0.15, 0.2) is 0 Å². The minimum absolute atomic E-state index is 0.436. The molecule has 0 bridgehead atoms. The maximum atomic E-state index is 11.1. The smallest absolute Gasteiger partial charge is 0.313 e. The molecule has 0 heterocycles. The van der Waals surface area contributed by atoms with Gasteiger partial charge in [-0.25, -0.2) is 4.79 Å². The van der Waals surface area contributed by atoms with E-state index in [0.717, 1.165) is 0 Å². The predicted octanol–water partition coefficient (Wildman–Crippen LogP) is 1.85. The molecule has 0 aliphatic carbocycles. The molecular weight excluding hydrogens is 154 g/mol. The molecule has 1 rings (SSSR count). The van der Waals surface area contributed by atoms with E-state index in [1.165, 1.54) is 6.21 Å². The van der Waals surface area contributed by atoms with Crippen LogP contribution in [-0.4, -0.2) is 12.2 Å². The number of oxime groups is 1. The number of nitrogens with zero attached hydrogens (tertiary/aromatic N) is 1. The summed E-state index contributed by atoms with van der Waals surface area (Å²) in [6.07, 6.45) is 1.42. The molecular formula is C9H9NO2. The van der Waals surface area contributed by atoms with Crippen LogP contribution in [0.3, 0.4) is 0 Å². The van der Waals surface area contributed by atoms with Crippen molar-refractivity contribution < 1.29 is 9.63 Å². The Hall–Kier alpha value is -1.64. The van der Waals surface area contributed by atoms with Crippen molar-refractivity contribution in [1.82, 2.24) is 0 Å². The van der Waals surface area contributed by atoms with Crippen LogP contribution in [0.1, 0.15) is 17.3 Å². The fourth-order valence-corrected chi connectivity index (χ4v) is 0.728. The van der Waals surface area contributed by atoms with Crippen LogP contribution in [0.5, 0.6) is 0 Å². The first kappa shape index (κ1) is 8.46. The molecule has 3 heteroatoms. The average molecular weight is 163 g/mol. The van der Waals surface area contributed by atoms with E-state index in [-0.39, 0.29) is 0 Å². The first-order valence-corrected chi connectivity index (χ1v) is 3.59. The van der Waals surface area contributed by atoms with Crippen LogP contribution in [0.25, 0.3) is 0 Å². The molecule has 1 aromatic rings. The van der Waals surface area contributed by atoms with Gasteiger partial charge in [-0.3, -0.25) is 0 Å². The molecule has 0 unspecified atom stereocenters. The van der Waals surface area contributed by atoms with E-state index in [1.807, 2.05) is 6.07 Å². The first-order chi connectivity index (χ1) is 5.84. The van der Waals surface area contributed by atoms with Crippen LogP contribution in [0.4, 0.5) is 0 Å². The van der Waals surface area contributed by atoms with Crippen molar-refractivity contribution >= 4 is 12.2 Å². The number of carbonyl (C=O) groups excluding carboxylic acids is 1. The fourth-order valence-electron chi connectivity index (χ4n) is 0.728. The molecule has 0 aliphatic heterocycles. The van der Waals surface area contributed by atoms with E-state index in [2.05, 4.69) is 9.99 Å². The highest BCUT2D eigenvalue weighted by molar-refractivity contribution is 5.89. The quantitative estimate of drug-likeness (QED) is 0.379. The maximum Gasteiger partial charge on any atom is 0.365 e. The molecule has 0 saturated carbocycles. The van der Waals surface area contributed by atoms with Crippen LogP contribution in [-0.2, 0) is 4.84 Å². The monoisotopic (exact) mass is 163 g/mol. The Balaban J connectivity index is 2.66. The number of rotatable bonds is 2. The zero-order chi connectivity index (χ0) is 8.81. The lowest BCUT2D eigenvalue weighted by Gasteiger charge is -1.95. The van der Waals surface area contributed by atoms with Gasteiger partial charge in [-0.1, -0.05) is 23.4 Å². The zero-order valence-electron chi connectivity index (χ0n) is 6.73. The Kier molecular flexibility index (Phi) is 3.02. The molecule has 0 saturated heterocycles. The lowest BCUT2D eigenvalue weighted by atomic mass is 10.2. The Morgan fingerprint density at radius 3 is 2.67 bits per heavy atom. The normalized spacial score (nSPS) is 10.1. The minimum atomic E-state index is -0.436. The van der Waals surface area contributed by atoms with Crippen LogP contribution in [0.15, 0.2) is 35.5 Å². The largest absolute Gasteiger partial charge is 0.365 e. The molecule has 0 amide bonds. The highest BCUT2D eigenvalue weighted by Gasteiger charge is 2.03. The zero-order valence-corrected chi connectivity index (χ0v) is 6.73. The van der Waals surface area contributed by atoms with Crippen molar-refractivity contribution in [2.45, 2.75) is 6.92 Å². The van der Waals surface area contributed by atoms with Crippen molar-refractivity contribution in [3.63, 3.8) is 0 Å². The molecule has 12 heavy (non-hydrogen) atoms. The van der Waals surface area contributed by atoms with Crippen molar-refractivity contribution in [3.8, 4) is 0 Å². The predicted molar refractivity (Wildman–Crippen MR) is 46.0 cm³/mol. The summed E-state index contributed by atoms with van der Waals surface area (Å²) < 4.78 is 0. The summed E-state index contributed by atoms with van der Waals surface area (Å²) in [7, 11) is 0. The molecule has 3 nitrogen and oxygen atoms in total. The summed E-state index contributed by atoms with van der Waals surface area (Å²) in [5, 5.41) is 3.37. The Morgan fingerprint density at radius 1 is 1.42 bits per heavy atom. The topological polar surface area (TPSA) is 38.7 Å². The third-order valence-electron chi connectivity index (χ3n) is 1.25. The molecule has 0 fully saturated rings. The summed E-state index contributed by atoms with van der Waals surface area (Å²) in [6, 6.07) is 8.72. The van der Waals surface area contributed by atoms with E-state index in [9.17, 15) is 4.79 Å². The van der Waals surface area contributed by atoms with Gasteiger partial charge in [0, 0.05) is 6.21 Å². The average Bonchev–Trinajstić information content (AvgIpc) is 2.15. The van der Waals surface area contributed by atoms with Gasteiger partial charge in [-0.2, -0.15) is 0 Å². The van der Waals surface area contributed by atoms with Gasteiger partial charge in [0.25, 0.3) is 0 Å². The molecule has 0 aliphatic rings. The van der Waals surface area contributed by atoms with Gasteiger partial charge in [0.1, 0.15) is 0 Å². The highest BCUT2D eigenvalue weighted by atomic mass is 16.7. The van der Waals surface area contributed by atoms with Crippen molar-refractivity contribution in [2.75, 3.05) is 0 Å². The Bertz CT molecular complexity index is 280. The van der Waals surface area contributed by atoms with Gasteiger partial charge >= 0.3 is 5.97 Å². The van der Waals surface area contributed by atoms with Gasteiger partial charge in [-0.05, 0) is 19.1 Å². The van der Waals surface area contributed by atoms with Gasteiger partial charge in [0.2, 0.25) is 0 Å². The van der Waals surface area contributed by atoms with E-state index in [4.69, 9.17) is 0 Å². The maximum absolute atomic E-state index is 11.1. The van der Waals surface area contributed by atoms with Crippen LogP contribution < -0.4 is 0 Å². The SMILES string of the molecule is C/C=N\OC(=O)c1ccccc1. The van der Waals surface area contributed by atoms with Crippen LogP contribution in [0.2, 0.25) is 0 Å². The fraction of sp³-hybridized carbons (Fsp3) is 0.111. The first-order valence-electron chi connectivity index (χ1n) is 3.59. The standard InChI is InChI=1S/C9H9NO2/c1-2-10-12-9(11)8-6-4-3-5-7-8/h2-7H,1H3/b10-2-. The molecule has 1 aromatic carbocycles. The molecule has 62 valence electrons. The van der Waals surface area contributed by atoms with Crippen molar-refractivity contribution in [3.05, 3.63) is 35.9 Å². The molecule has 0 spiro atoms. The third-order valence-corrected chi connectivity index (χ3v) is 1.25. The molecule has 0 aromatic heterocycles. The number of carbonyl (C=O) groups is 1. The summed E-state index contributed by atoms with van der Waals surface area (Å²) in [5.41, 5.74) is 0.503. The van der Waals surface area contributed by atoms with E-state index < -0.39 is 5.97 Å². The summed E-state index contributed by atoms with van der Waals surface area (Å²) in [6.45, 7) is 1.68. The van der Waals surface area contributed by atoms with Crippen molar-refractivity contribution in [1.29, 1.82) is 0 Å². The lowest BCUT2D eigenvalue weighted by Crippen LogP contribution is -1.99. The number of hydrogen-bond acceptors (Lipinski definition) is 3. The minimum Gasteiger partial charge on any atom is -0.313 e. The molecule has 0 radical (unpaired) electrons. The van der Waals surface area contributed by atoms with Crippen molar-refractivity contribution in [2.24, 2.45) is 5.16 Å². The van der Waals surface area contributed by atoms with Gasteiger partial charge in [-0.15, -0.1) is 0 Å². The Morgan fingerprint density at radius 2 is 2.08 bits per heavy atom. The summed E-state index contributed by atoms with van der Waals surface area (Å²) >= 11 is 0. The van der Waals surface area contributed by atoms with Gasteiger partial charge < -0.3 is 4.84 Å². The van der Waals surface area contributed by atoms with Gasteiger partial charge in [0.05, 0.1) is 5.56 Å². The van der Waals surface area contributed by atoms with E-state index >= 15 is 0 Å². The van der Waals surface area contributed by atoms with E-state index in [0.29, 0.717) is 5.56 Å². The number of benzene rings is 1. The summed E-state index contributed by atoms with van der Waals surface area (Å²) in [4.78, 5) is 15.6. The second-order valence-corrected chi connectivity index (χ2v) is 2.11. The second kappa shape index (κ2) is 4.28. The van der Waals surface area contributed by atoms with Crippen LogP contribution >= 0.6 is 0 Å². The summed E-state index contributed by atoms with van der Waals surface area (Å²) in [5.74, 6) is -0.436. The Labute approximate surface area is 70.7 Å². The van der Waals surface area contributed by atoms with E-state index in [1.54, 1.807) is 31.2 Å². The second-order valence-electron chi connectivity index (χ2n) is 2.11. The molecule has 0 N–H and O–H groups in total. The lowest BCUT2D eigenvalue weighted by molar-refractivity contribution is 0.0518. The molecule has 0 atom stereocenters.